The number of nitrogens with one attached hydrogen (secondary N) is 1. The summed E-state index contributed by atoms with van der Waals surface area (Å²) in [5.41, 5.74) is 3.14. The third kappa shape index (κ3) is 2.86. The van der Waals surface area contributed by atoms with E-state index in [9.17, 15) is 4.79 Å². The van der Waals surface area contributed by atoms with E-state index in [2.05, 4.69) is 31.2 Å². The molecule has 0 bridgehead atoms. The van der Waals surface area contributed by atoms with Crippen LogP contribution in [0.15, 0.2) is 33.8 Å². The predicted molar refractivity (Wildman–Crippen MR) is 65.2 cm³/mol. The summed E-state index contributed by atoms with van der Waals surface area (Å²) < 4.78 is 0.712. The van der Waals surface area contributed by atoms with Crippen molar-refractivity contribution >= 4 is 33.2 Å². The van der Waals surface area contributed by atoms with E-state index in [4.69, 9.17) is 0 Å². The van der Waals surface area contributed by atoms with Crippen molar-refractivity contribution < 1.29 is 4.79 Å². The topological polar surface area (TPSA) is 54.9 Å². The Labute approximate surface area is 105 Å². The average molecular weight is 298 g/mol. The van der Waals surface area contributed by atoms with Crippen LogP contribution in [-0.2, 0) is 6.54 Å². The van der Waals surface area contributed by atoms with Gasteiger partial charge in [-0.15, -0.1) is 11.3 Å². The fourth-order valence-electron chi connectivity index (χ4n) is 1.11. The van der Waals surface area contributed by atoms with Crippen molar-refractivity contribution in [3.8, 4) is 0 Å². The summed E-state index contributed by atoms with van der Waals surface area (Å²) in [6.07, 6.45) is 1.53. The van der Waals surface area contributed by atoms with Crippen molar-refractivity contribution in [2.24, 2.45) is 0 Å². The minimum absolute atomic E-state index is 0.145. The van der Waals surface area contributed by atoms with Crippen LogP contribution in [0.4, 0.5) is 0 Å². The van der Waals surface area contributed by atoms with Crippen LogP contribution in [-0.4, -0.2) is 15.9 Å². The molecular weight excluding hydrogens is 290 g/mol. The van der Waals surface area contributed by atoms with Crippen molar-refractivity contribution in [3.05, 3.63) is 45.1 Å². The quantitative estimate of drug-likeness (QED) is 0.884. The SMILES string of the molecule is O=C(NCc1cscn1)c1ccc(Br)nc1. The Morgan fingerprint density at radius 1 is 1.44 bits per heavy atom. The minimum Gasteiger partial charge on any atom is -0.346 e. The van der Waals surface area contributed by atoms with Gasteiger partial charge >= 0.3 is 0 Å². The lowest BCUT2D eigenvalue weighted by Gasteiger charge is -2.02. The van der Waals surface area contributed by atoms with Crippen LogP contribution in [0.1, 0.15) is 16.1 Å². The van der Waals surface area contributed by atoms with E-state index >= 15 is 0 Å². The summed E-state index contributed by atoms with van der Waals surface area (Å²) in [6.45, 7) is 0.443. The number of nitrogens with zero attached hydrogens (tertiary/aromatic N) is 2. The molecule has 0 aliphatic rings. The van der Waals surface area contributed by atoms with E-state index in [1.54, 1.807) is 17.6 Å². The van der Waals surface area contributed by atoms with Crippen molar-refractivity contribution in [2.45, 2.75) is 6.54 Å². The molecule has 0 saturated heterocycles. The van der Waals surface area contributed by atoms with E-state index in [1.807, 2.05) is 5.38 Å². The zero-order valence-corrected chi connectivity index (χ0v) is 10.6. The standard InChI is InChI=1S/C10H8BrN3OS/c11-9-2-1-7(3-12-9)10(15)13-4-8-5-16-6-14-8/h1-3,5-6H,4H2,(H,13,15). The van der Waals surface area contributed by atoms with Gasteiger partial charge in [-0.3, -0.25) is 4.79 Å². The number of amides is 1. The van der Waals surface area contributed by atoms with Crippen LogP contribution >= 0.6 is 27.3 Å². The third-order valence-corrected chi connectivity index (χ3v) is 3.01. The molecule has 1 amide bonds. The van der Waals surface area contributed by atoms with Gasteiger partial charge < -0.3 is 5.32 Å². The number of aromatic nitrogens is 2. The molecule has 0 radical (unpaired) electrons. The molecule has 2 aromatic heterocycles. The van der Waals surface area contributed by atoms with Gasteiger partial charge in [-0.25, -0.2) is 9.97 Å². The lowest BCUT2D eigenvalue weighted by molar-refractivity contribution is 0.0950. The molecule has 0 atom stereocenters. The first kappa shape index (κ1) is 11.2. The summed E-state index contributed by atoms with van der Waals surface area (Å²) in [5, 5.41) is 4.67. The third-order valence-electron chi connectivity index (χ3n) is 1.90. The maximum Gasteiger partial charge on any atom is 0.253 e. The van der Waals surface area contributed by atoms with Gasteiger partial charge in [0.25, 0.3) is 5.91 Å². The number of hydrogen-bond acceptors (Lipinski definition) is 4. The zero-order chi connectivity index (χ0) is 11.4. The number of thiazole rings is 1. The zero-order valence-electron chi connectivity index (χ0n) is 8.18. The second kappa shape index (κ2) is 5.18. The molecular formula is C10H8BrN3OS. The van der Waals surface area contributed by atoms with Gasteiger partial charge in [0.05, 0.1) is 23.3 Å². The Morgan fingerprint density at radius 2 is 2.31 bits per heavy atom. The summed E-state index contributed by atoms with van der Waals surface area (Å²) in [7, 11) is 0. The van der Waals surface area contributed by atoms with E-state index in [-0.39, 0.29) is 5.91 Å². The predicted octanol–water partition coefficient (Wildman–Crippen LogP) is 2.23. The van der Waals surface area contributed by atoms with Crippen LogP contribution in [0.2, 0.25) is 0 Å². The van der Waals surface area contributed by atoms with Crippen LogP contribution in [0, 0.1) is 0 Å². The highest BCUT2D eigenvalue weighted by molar-refractivity contribution is 9.10. The number of halogens is 1. The molecule has 0 saturated carbocycles. The molecule has 1 N–H and O–H groups in total. The highest BCUT2D eigenvalue weighted by Crippen LogP contribution is 2.06. The van der Waals surface area contributed by atoms with Gasteiger partial charge in [-0.2, -0.15) is 0 Å². The molecule has 0 aliphatic carbocycles. The average Bonchev–Trinajstić information content (AvgIpc) is 2.80. The van der Waals surface area contributed by atoms with Crippen LogP contribution in [0.3, 0.4) is 0 Å². The van der Waals surface area contributed by atoms with Crippen molar-refractivity contribution in [3.63, 3.8) is 0 Å². The Kier molecular flexibility index (Phi) is 3.63. The second-order valence-electron chi connectivity index (χ2n) is 3.03. The van der Waals surface area contributed by atoms with E-state index in [1.165, 1.54) is 17.5 Å². The Bertz CT molecular complexity index is 469. The Morgan fingerprint density at radius 3 is 2.94 bits per heavy atom. The molecule has 4 nitrogen and oxygen atoms in total. The van der Waals surface area contributed by atoms with E-state index in [0.29, 0.717) is 16.7 Å². The lowest BCUT2D eigenvalue weighted by atomic mass is 10.2. The van der Waals surface area contributed by atoms with Crippen molar-refractivity contribution in [1.82, 2.24) is 15.3 Å². The maximum absolute atomic E-state index is 11.7. The van der Waals surface area contributed by atoms with E-state index in [0.717, 1.165) is 5.69 Å². The molecule has 6 heteroatoms. The molecule has 0 aromatic carbocycles. The highest BCUT2D eigenvalue weighted by Gasteiger charge is 2.05. The maximum atomic E-state index is 11.7. The van der Waals surface area contributed by atoms with Gasteiger partial charge in [-0.05, 0) is 28.1 Å². The Hall–Kier alpha value is -1.27. The molecule has 0 aliphatic heterocycles. The fraction of sp³-hybridized carbons (Fsp3) is 0.100. The molecule has 0 unspecified atom stereocenters. The number of hydrogen-bond donors (Lipinski definition) is 1. The van der Waals surface area contributed by atoms with Crippen molar-refractivity contribution in [1.29, 1.82) is 0 Å². The van der Waals surface area contributed by atoms with E-state index < -0.39 is 0 Å². The number of carbonyl (C=O) groups excluding carboxylic acids is 1. The first-order valence-corrected chi connectivity index (χ1v) is 6.26. The van der Waals surface area contributed by atoms with Crippen molar-refractivity contribution in [2.75, 3.05) is 0 Å². The molecule has 16 heavy (non-hydrogen) atoms. The van der Waals surface area contributed by atoms with Gasteiger partial charge in [0.15, 0.2) is 0 Å². The molecule has 0 fully saturated rings. The fourth-order valence-corrected chi connectivity index (χ4v) is 1.90. The highest BCUT2D eigenvalue weighted by atomic mass is 79.9. The second-order valence-corrected chi connectivity index (χ2v) is 4.56. The number of carbonyl (C=O) groups is 1. The van der Waals surface area contributed by atoms with Gasteiger partial charge in [0.1, 0.15) is 4.60 Å². The first-order valence-electron chi connectivity index (χ1n) is 4.52. The summed E-state index contributed by atoms with van der Waals surface area (Å²) in [4.78, 5) is 19.7. The summed E-state index contributed by atoms with van der Waals surface area (Å²) in [5.74, 6) is -0.145. The Balaban J connectivity index is 1.95. The smallest absolute Gasteiger partial charge is 0.253 e. The minimum atomic E-state index is -0.145. The summed E-state index contributed by atoms with van der Waals surface area (Å²) in [6, 6.07) is 3.45. The molecule has 2 aromatic rings. The van der Waals surface area contributed by atoms with Crippen LogP contribution in [0.25, 0.3) is 0 Å². The molecule has 82 valence electrons. The number of pyridine rings is 1. The van der Waals surface area contributed by atoms with Gasteiger partial charge in [0.2, 0.25) is 0 Å². The largest absolute Gasteiger partial charge is 0.346 e. The first-order chi connectivity index (χ1) is 7.75. The molecule has 0 spiro atoms. The van der Waals surface area contributed by atoms with Gasteiger partial charge in [-0.1, -0.05) is 0 Å². The normalized spacial score (nSPS) is 10.1. The van der Waals surface area contributed by atoms with Crippen LogP contribution < -0.4 is 5.32 Å². The lowest BCUT2D eigenvalue weighted by Crippen LogP contribution is -2.22. The monoisotopic (exact) mass is 297 g/mol. The van der Waals surface area contributed by atoms with Gasteiger partial charge in [0, 0.05) is 11.6 Å². The van der Waals surface area contributed by atoms with Crippen LogP contribution in [0.5, 0.6) is 0 Å². The molecule has 2 rings (SSSR count). The molecule has 2 heterocycles. The summed E-state index contributed by atoms with van der Waals surface area (Å²) >= 11 is 4.72. The number of rotatable bonds is 3.